The molecular weight excluding hydrogens is 266 g/mol. The summed E-state index contributed by atoms with van der Waals surface area (Å²) in [4.78, 5) is 15.1. The van der Waals surface area contributed by atoms with Gasteiger partial charge in [-0.2, -0.15) is 10.2 Å². The summed E-state index contributed by atoms with van der Waals surface area (Å²) in [6.07, 6.45) is 11.1. The smallest absolute Gasteiger partial charge is 0.258 e. The Morgan fingerprint density at radius 1 is 1.24 bits per heavy atom. The molecule has 2 fully saturated rings. The zero-order valence-corrected chi connectivity index (χ0v) is 12.1. The van der Waals surface area contributed by atoms with Crippen LogP contribution in [0.15, 0.2) is 18.6 Å². The second-order valence-electron chi connectivity index (χ2n) is 6.09. The van der Waals surface area contributed by atoms with Crippen molar-refractivity contribution >= 4 is 5.91 Å². The predicted octanol–water partition coefficient (Wildman–Crippen LogP) is 1.97. The average molecular weight is 285 g/mol. The maximum atomic E-state index is 13.0. The number of H-pyrrole nitrogens is 1. The summed E-state index contributed by atoms with van der Waals surface area (Å²) < 4.78 is 1.73. The van der Waals surface area contributed by atoms with Crippen LogP contribution < -0.4 is 0 Å². The summed E-state index contributed by atoms with van der Waals surface area (Å²) in [5.41, 5.74) is 2.35. The van der Waals surface area contributed by atoms with Gasteiger partial charge in [0, 0.05) is 30.9 Å². The van der Waals surface area contributed by atoms with Gasteiger partial charge in [0.2, 0.25) is 0 Å². The Hall–Kier alpha value is -2.11. The number of amides is 1. The zero-order valence-electron chi connectivity index (χ0n) is 12.1. The molecule has 2 saturated heterocycles. The third kappa shape index (κ3) is 1.97. The molecule has 0 saturated carbocycles. The van der Waals surface area contributed by atoms with Gasteiger partial charge in [-0.3, -0.25) is 14.6 Å². The van der Waals surface area contributed by atoms with E-state index in [1.54, 1.807) is 17.1 Å². The molecule has 110 valence electrons. The largest absolute Gasteiger partial charge is 0.333 e. The van der Waals surface area contributed by atoms with Crippen molar-refractivity contribution in [2.45, 2.75) is 44.2 Å². The highest BCUT2D eigenvalue weighted by atomic mass is 16.2. The highest BCUT2D eigenvalue weighted by Crippen LogP contribution is 2.37. The fourth-order valence-electron chi connectivity index (χ4n) is 3.81. The number of nitrogens with one attached hydrogen (secondary N) is 1. The summed E-state index contributed by atoms with van der Waals surface area (Å²) >= 11 is 0. The van der Waals surface area contributed by atoms with E-state index in [0.717, 1.165) is 36.9 Å². The summed E-state index contributed by atoms with van der Waals surface area (Å²) in [5, 5.41) is 11.2. The Kier molecular flexibility index (Phi) is 2.83. The Morgan fingerprint density at radius 2 is 2.00 bits per heavy atom. The first-order chi connectivity index (χ1) is 10.2. The minimum Gasteiger partial charge on any atom is -0.333 e. The molecular formula is C15H19N5O. The van der Waals surface area contributed by atoms with E-state index in [9.17, 15) is 4.79 Å². The van der Waals surface area contributed by atoms with Crippen LogP contribution in [0.5, 0.6) is 0 Å². The second-order valence-corrected chi connectivity index (χ2v) is 6.09. The summed E-state index contributed by atoms with van der Waals surface area (Å²) in [6, 6.07) is 0.848. The van der Waals surface area contributed by atoms with Crippen molar-refractivity contribution in [1.82, 2.24) is 24.9 Å². The highest BCUT2D eigenvalue weighted by molar-refractivity contribution is 6.00. The monoisotopic (exact) mass is 285 g/mol. The molecule has 4 rings (SSSR count). The van der Waals surface area contributed by atoms with Crippen LogP contribution in [0, 0.1) is 0 Å². The molecule has 2 aromatic heterocycles. The van der Waals surface area contributed by atoms with Gasteiger partial charge >= 0.3 is 0 Å². The van der Waals surface area contributed by atoms with Crippen molar-refractivity contribution in [2.75, 3.05) is 0 Å². The normalized spacial score (nSPS) is 24.5. The molecule has 1 N–H and O–H groups in total. The lowest BCUT2D eigenvalue weighted by molar-refractivity contribution is 0.0596. The molecule has 6 nitrogen and oxygen atoms in total. The predicted molar refractivity (Wildman–Crippen MR) is 77.6 cm³/mol. The molecule has 0 spiro atoms. The number of piperidine rings is 1. The second kappa shape index (κ2) is 4.72. The molecule has 6 heteroatoms. The summed E-state index contributed by atoms with van der Waals surface area (Å²) in [6.45, 7) is 0. The van der Waals surface area contributed by atoms with Crippen molar-refractivity contribution in [1.29, 1.82) is 0 Å². The van der Waals surface area contributed by atoms with Crippen LogP contribution in [-0.4, -0.2) is 42.9 Å². The van der Waals surface area contributed by atoms with Crippen molar-refractivity contribution in [3.8, 4) is 11.3 Å². The van der Waals surface area contributed by atoms with Crippen LogP contribution >= 0.6 is 0 Å². The van der Waals surface area contributed by atoms with E-state index in [4.69, 9.17) is 0 Å². The standard InChI is InChI=1S/C15H19N5O/c1-19-9-10(7-17-19)14-13(8-16-18-14)15(21)20-11-3-2-4-12(20)6-5-11/h7-9,11-12H,2-6H2,1H3,(H,16,18). The molecule has 2 aliphatic heterocycles. The number of aromatic nitrogens is 4. The molecule has 0 aromatic carbocycles. The van der Waals surface area contributed by atoms with E-state index in [0.29, 0.717) is 17.6 Å². The van der Waals surface area contributed by atoms with Gasteiger partial charge in [0.1, 0.15) is 0 Å². The average Bonchev–Trinajstić information content (AvgIpc) is 3.17. The number of nitrogens with zero attached hydrogens (tertiary/aromatic N) is 4. The van der Waals surface area contributed by atoms with Gasteiger partial charge in [0.15, 0.2) is 0 Å². The zero-order chi connectivity index (χ0) is 14.4. The van der Waals surface area contributed by atoms with Crippen molar-refractivity contribution in [2.24, 2.45) is 7.05 Å². The van der Waals surface area contributed by atoms with E-state index in [1.165, 1.54) is 6.42 Å². The van der Waals surface area contributed by atoms with Crippen molar-refractivity contribution in [3.63, 3.8) is 0 Å². The third-order valence-electron chi connectivity index (χ3n) is 4.79. The SMILES string of the molecule is Cn1cc(-c2[nH]ncc2C(=O)N2C3CCCC2CC3)cn1. The lowest BCUT2D eigenvalue weighted by atomic mass is 10.0. The Balaban J connectivity index is 1.68. The summed E-state index contributed by atoms with van der Waals surface area (Å²) in [5.74, 6) is 0.120. The molecule has 21 heavy (non-hydrogen) atoms. The van der Waals surface area contributed by atoms with Crippen LogP contribution in [0.2, 0.25) is 0 Å². The van der Waals surface area contributed by atoms with E-state index in [1.807, 2.05) is 13.2 Å². The first-order valence-corrected chi connectivity index (χ1v) is 7.59. The molecule has 2 bridgehead atoms. The molecule has 1 amide bonds. The number of aromatic amines is 1. The number of aryl methyl sites for hydroxylation is 1. The highest BCUT2D eigenvalue weighted by Gasteiger charge is 2.40. The molecule has 4 heterocycles. The molecule has 2 aromatic rings. The molecule has 0 radical (unpaired) electrons. The molecule has 2 atom stereocenters. The van der Waals surface area contributed by atoms with E-state index >= 15 is 0 Å². The number of hydrogen-bond acceptors (Lipinski definition) is 3. The minimum atomic E-state index is 0.120. The number of rotatable bonds is 2. The lowest BCUT2D eigenvalue weighted by Crippen LogP contribution is -2.44. The Bertz CT molecular complexity index is 657. The maximum Gasteiger partial charge on any atom is 0.258 e. The number of carbonyl (C=O) groups excluding carboxylic acids is 1. The number of hydrogen-bond donors (Lipinski definition) is 1. The Morgan fingerprint density at radius 3 is 2.67 bits per heavy atom. The van der Waals surface area contributed by atoms with Gasteiger partial charge in [-0.15, -0.1) is 0 Å². The van der Waals surface area contributed by atoms with Crippen LogP contribution in [0.25, 0.3) is 11.3 Å². The van der Waals surface area contributed by atoms with Gasteiger partial charge in [-0.1, -0.05) is 0 Å². The van der Waals surface area contributed by atoms with E-state index < -0.39 is 0 Å². The Labute approximate surface area is 123 Å². The maximum absolute atomic E-state index is 13.0. The molecule has 2 aliphatic rings. The summed E-state index contributed by atoms with van der Waals surface area (Å²) in [7, 11) is 1.87. The quantitative estimate of drug-likeness (QED) is 0.917. The van der Waals surface area contributed by atoms with E-state index in [2.05, 4.69) is 20.2 Å². The number of fused-ring (bicyclic) bond motifs is 2. The van der Waals surface area contributed by atoms with E-state index in [-0.39, 0.29) is 5.91 Å². The van der Waals surface area contributed by atoms with Crippen molar-refractivity contribution in [3.05, 3.63) is 24.2 Å². The fourth-order valence-corrected chi connectivity index (χ4v) is 3.81. The van der Waals surface area contributed by atoms with Crippen LogP contribution in [0.3, 0.4) is 0 Å². The third-order valence-corrected chi connectivity index (χ3v) is 4.79. The van der Waals surface area contributed by atoms with Gasteiger partial charge in [-0.25, -0.2) is 0 Å². The molecule has 2 unspecified atom stereocenters. The van der Waals surface area contributed by atoms with Crippen LogP contribution in [0.1, 0.15) is 42.5 Å². The number of carbonyl (C=O) groups is 1. The first kappa shape index (κ1) is 12.6. The lowest BCUT2D eigenvalue weighted by Gasteiger charge is -2.34. The fraction of sp³-hybridized carbons (Fsp3) is 0.533. The van der Waals surface area contributed by atoms with Crippen LogP contribution in [0.4, 0.5) is 0 Å². The van der Waals surface area contributed by atoms with Gasteiger partial charge in [-0.05, 0) is 32.1 Å². The van der Waals surface area contributed by atoms with Gasteiger partial charge < -0.3 is 4.90 Å². The van der Waals surface area contributed by atoms with Gasteiger partial charge in [0.25, 0.3) is 5.91 Å². The van der Waals surface area contributed by atoms with Gasteiger partial charge in [0.05, 0.1) is 23.7 Å². The van der Waals surface area contributed by atoms with Crippen LogP contribution in [-0.2, 0) is 7.05 Å². The van der Waals surface area contributed by atoms with Crippen molar-refractivity contribution < 1.29 is 4.79 Å². The molecule has 0 aliphatic carbocycles. The first-order valence-electron chi connectivity index (χ1n) is 7.59. The topological polar surface area (TPSA) is 66.8 Å². The minimum absolute atomic E-state index is 0.120.